The van der Waals surface area contributed by atoms with Crippen LogP contribution in [0.15, 0.2) is 76.5 Å². The van der Waals surface area contributed by atoms with Crippen molar-refractivity contribution in [3.8, 4) is 17.1 Å². The van der Waals surface area contributed by atoms with Crippen LogP contribution in [-0.4, -0.2) is 33.0 Å². The first-order chi connectivity index (χ1) is 16.8. The molecule has 2 heterocycles. The SMILES string of the molecule is CCOc1ccc(NC(=O)CSc2nnc(-c3ccc(C(C)(C)C)cc3)n2Cc2ccco2)cc1. The molecule has 2 aromatic carbocycles. The van der Waals surface area contributed by atoms with Crippen molar-refractivity contribution >= 4 is 23.4 Å². The number of anilines is 1. The highest BCUT2D eigenvalue weighted by Crippen LogP contribution is 2.28. The van der Waals surface area contributed by atoms with Crippen LogP contribution < -0.4 is 10.1 Å². The molecule has 4 aromatic rings. The predicted octanol–water partition coefficient (Wildman–Crippen LogP) is 6.01. The summed E-state index contributed by atoms with van der Waals surface area (Å²) in [5, 5.41) is 12.4. The van der Waals surface area contributed by atoms with Gasteiger partial charge in [0.05, 0.1) is 25.2 Å². The Bertz CT molecular complexity index is 1240. The van der Waals surface area contributed by atoms with E-state index in [1.54, 1.807) is 6.26 Å². The Hall–Kier alpha value is -3.52. The molecule has 2 aromatic heterocycles. The second-order valence-corrected chi connectivity index (χ2v) is 10.0. The summed E-state index contributed by atoms with van der Waals surface area (Å²) in [5.74, 6) is 2.37. The average Bonchev–Trinajstić information content (AvgIpc) is 3.49. The number of rotatable bonds is 9. The van der Waals surface area contributed by atoms with Gasteiger partial charge in [0, 0.05) is 11.3 Å². The molecule has 0 aliphatic carbocycles. The normalized spacial score (nSPS) is 11.4. The number of ether oxygens (including phenoxy) is 1. The molecule has 0 radical (unpaired) electrons. The van der Waals surface area contributed by atoms with Gasteiger partial charge in [0.15, 0.2) is 11.0 Å². The van der Waals surface area contributed by atoms with Crippen molar-refractivity contribution in [2.75, 3.05) is 17.7 Å². The summed E-state index contributed by atoms with van der Waals surface area (Å²) in [6, 6.07) is 19.5. The van der Waals surface area contributed by atoms with Crippen molar-refractivity contribution in [3.63, 3.8) is 0 Å². The van der Waals surface area contributed by atoms with Crippen LogP contribution in [-0.2, 0) is 16.8 Å². The molecule has 0 saturated carbocycles. The maximum Gasteiger partial charge on any atom is 0.234 e. The van der Waals surface area contributed by atoms with Gasteiger partial charge >= 0.3 is 0 Å². The minimum atomic E-state index is -0.122. The molecule has 182 valence electrons. The highest BCUT2D eigenvalue weighted by Gasteiger charge is 2.19. The third kappa shape index (κ3) is 6.33. The largest absolute Gasteiger partial charge is 0.494 e. The van der Waals surface area contributed by atoms with Crippen LogP contribution >= 0.6 is 11.8 Å². The highest BCUT2D eigenvalue weighted by molar-refractivity contribution is 7.99. The average molecular weight is 491 g/mol. The van der Waals surface area contributed by atoms with E-state index in [0.717, 1.165) is 28.6 Å². The lowest BCUT2D eigenvalue weighted by atomic mass is 9.87. The maximum absolute atomic E-state index is 12.6. The van der Waals surface area contributed by atoms with Crippen LogP contribution in [0.3, 0.4) is 0 Å². The lowest BCUT2D eigenvalue weighted by Crippen LogP contribution is -2.14. The number of thioether (sulfide) groups is 1. The number of nitrogens with one attached hydrogen (secondary N) is 1. The van der Waals surface area contributed by atoms with E-state index in [0.29, 0.717) is 18.3 Å². The molecule has 0 fully saturated rings. The quantitative estimate of drug-likeness (QED) is 0.289. The molecule has 35 heavy (non-hydrogen) atoms. The third-order valence-electron chi connectivity index (χ3n) is 5.40. The van der Waals surface area contributed by atoms with Crippen LogP contribution in [0.1, 0.15) is 39.0 Å². The van der Waals surface area contributed by atoms with Crippen LogP contribution in [0.5, 0.6) is 5.75 Å². The molecule has 7 nitrogen and oxygen atoms in total. The maximum atomic E-state index is 12.6. The number of aromatic nitrogens is 3. The Balaban J connectivity index is 1.50. The van der Waals surface area contributed by atoms with Gasteiger partial charge in [-0.25, -0.2) is 0 Å². The van der Waals surface area contributed by atoms with Crippen LogP contribution in [0.4, 0.5) is 5.69 Å². The van der Waals surface area contributed by atoms with Crippen molar-refractivity contribution < 1.29 is 13.9 Å². The molecule has 1 N–H and O–H groups in total. The zero-order chi connectivity index (χ0) is 24.8. The summed E-state index contributed by atoms with van der Waals surface area (Å²) in [4.78, 5) is 12.6. The number of nitrogens with zero attached hydrogens (tertiary/aromatic N) is 3. The number of carbonyl (C=O) groups is 1. The van der Waals surface area contributed by atoms with E-state index in [9.17, 15) is 4.79 Å². The Kier molecular flexibility index (Phi) is 7.60. The number of carbonyl (C=O) groups excluding carboxylic acids is 1. The summed E-state index contributed by atoms with van der Waals surface area (Å²) >= 11 is 1.34. The van der Waals surface area contributed by atoms with Crippen molar-refractivity contribution in [2.24, 2.45) is 0 Å². The van der Waals surface area contributed by atoms with Gasteiger partial charge in [-0.2, -0.15) is 0 Å². The van der Waals surface area contributed by atoms with Gasteiger partial charge in [0.1, 0.15) is 11.5 Å². The summed E-state index contributed by atoms with van der Waals surface area (Å²) in [6.07, 6.45) is 1.65. The van der Waals surface area contributed by atoms with Gasteiger partial charge < -0.3 is 14.5 Å². The first-order valence-electron chi connectivity index (χ1n) is 11.6. The Morgan fingerprint density at radius 3 is 2.43 bits per heavy atom. The van der Waals surface area contributed by atoms with E-state index >= 15 is 0 Å². The number of hydrogen-bond acceptors (Lipinski definition) is 6. The summed E-state index contributed by atoms with van der Waals surface area (Å²) in [7, 11) is 0. The van der Waals surface area contributed by atoms with E-state index in [4.69, 9.17) is 9.15 Å². The zero-order valence-electron chi connectivity index (χ0n) is 20.4. The highest BCUT2D eigenvalue weighted by atomic mass is 32.2. The molecule has 0 aliphatic heterocycles. The Morgan fingerprint density at radius 2 is 1.80 bits per heavy atom. The van der Waals surface area contributed by atoms with E-state index in [2.05, 4.69) is 60.6 Å². The fourth-order valence-electron chi connectivity index (χ4n) is 3.56. The number of benzene rings is 2. The van der Waals surface area contributed by atoms with Gasteiger partial charge in [-0.1, -0.05) is 56.8 Å². The summed E-state index contributed by atoms with van der Waals surface area (Å²) in [5.41, 5.74) is 3.00. The van der Waals surface area contributed by atoms with E-state index < -0.39 is 0 Å². The standard InChI is InChI=1S/C27H30N4O3S/c1-5-33-22-14-12-21(13-15-22)28-24(32)18-35-26-30-29-25(31(26)17-23-7-6-16-34-23)19-8-10-20(11-9-19)27(2,3)4/h6-16H,5,17-18H2,1-4H3,(H,28,32). The molecule has 8 heteroatoms. The van der Waals surface area contributed by atoms with Crippen molar-refractivity contribution in [3.05, 3.63) is 78.3 Å². The minimum Gasteiger partial charge on any atom is -0.494 e. The Morgan fingerprint density at radius 1 is 1.06 bits per heavy atom. The first-order valence-corrected chi connectivity index (χ1v) is 12.5. The monoisotopic (exact) mass is 490 g/mol. The molecule has 0 atom stereocenters. The number of furan rings is 1. The van der Waals surface area contributed by atoms with E-state index in [-0.39, 0.29) is 17.1 Å². The molecular weight excluding hydrogens is 460 g/mol. The smallest absolute Gasteiger partial charge is 0.234 e. The molecule has 0 aliphatic rings. The zero-order valence-corrected chi connectivity index (χ0v) is 21.3. The third-order valence-corrected chi connectivity index (χ3v) is 6.37. The molecular formula is C27H30N4O3S. The lowest BCUT2D eigenvalue weighted by Gasteiger charge is -2.19. The van der Waals surface area contributed by atoms with Gasteiger partial charge in [0.25, 0.3) is 0 Å². The summed E-state index contributed by atoms with van der Waals surface area (Å²) < 4.78 is 13.0. The molecule has 0 unspecified atom stereocenters. The second kappa shape index (κ2) is 10.8. The van der Waals surface area contributed by atoms with Gasteiger partial charge in [-0.3, -0.25) is 9.36 Å². The van der Waals surface area contributed by atoms with Gasteiger partial charge in [0.2, 0.25) is 5.91 Å². The number of amides is 1. The minimum absolute atomic E-state index is 0.0676. The van der Waals surface area contributed by atoms with E-state index in [1.807, 2.05) is 47.9 Å². The number of hydrogen-bond donors (Lipinski definition) is 1. The summed E-state index contributed by atoms with van der Waals surface area (Å²) in [6.45, 7) is 9.57. The van der Waals surface area contributed by atoms with Crippen LogP contribution in [0.2, 0.25) is 0 Å². The molecule has 0 saturated heterocycles. The van der Waals surface area contributed by atoms with Gasteiger partial charge in [-0.15, -0.1) is 10.2 Å². The fraction of sp³-hybridized carbons (Fsp3) is 0.296. The van der Waals surface area contributed by atoms with Crippen molar-refractivity contribution in [2.45, 2.75) is 44.8 Å². The first kappa shape index (κ1) is 24.6. The fourth-order valence-corrected chi connectivity index (χ4v) is 4.30. The Labute approximate surface area is 209 Å². The predicted molar refractivity (Wildman–Crippen MR) is 139 cm³/mol. The van der Waals surface area contributed by atoms with Gasteiger partial charge in [-0.05, 0) is 54.3 Å². The van der Waals surface area contributed by atoms with Crippen LogP contribution in [0, 0.1) is 0 Å². The van der Waals surface area contributed by atoms with Crippen molar-refractivity contribution in [1.82, 2.24) is 14.8 Å². The molecule has 1 amide bonds. The topological polar surface area (TPSA) is 82.2 Å². The van der Waals surface area contributed by atoms with Crippen molar-refractivity contribution in [1.29, 1.82) is 0 Å². The van der Waals surface area contributed by atoms with Crippen LogP contribution in [0.25, 0.3) is 11.4 Å². The lowest BCUT2D eigenvalue weighted by molar-refractivity contribution is -0.113. The molecule has 0 bridgehead atoms. The molecule has 0 spiro atoms. The molecule has 4 rings (SSSR count). The second-order valence-electron chi connectivity index (χ2n) is 9.09. The van der Waals surface area contributed by atoms with E-state index in [1.165, 1.54) is 17.3 Å².